The minimum Gasteiger partial charge on any atom is -0.493 e. The van der Waals surface area contributed by atoms with E-state index in [2.05, 4.69) is 9.72 Å². The molecular weight excluding hydrogens is 322 g/mol. The number of carbonyl (C=O) groups is 2. The molecule has 0 bridgehead atoms. The van der Waals surface area contributed by atoms with Crippen LogP contribution in [0.25, 0.3) is 6.08 Å². The van der Waals surface area contributed by atoms with Crippen LogP contribution in [0, 0.1) is 5.92 Å². The number of allylic oxidation sites excluding steroid dienone is 1. The van der Waals surface area contributed by atoms with Gasteiger partial charge in [0.05, 0.1) is 32.7 Å². The van der Waals surface area contributed by atoms with E-state index in [1.165, 1.54) is 7.11 Å². The summed E-state index contributed by atoms with van der Waals surface area (Å²) in [5.41, 5.74) is 0.644. The Labute approximate surface area is 148 Å². The molecule has 1 heterocycles. The molecule has 0 N–H and O–H groups in total. The Kier molecular flexibility index (Phi) is 7.44. The Morgan fingerprint density at radius 2 is 2.00 bits per heavy atom. The van der Waals surface area contributed by atoms with Crippen LogP contribution in [0.2, 0.25) is 0 Å². The molecule has 0 atom stereocenters. The Bertz CT molecular complexity index is 620. The number of esters is 1. The van der Waals surface area contributed by atoms with Crippen LogP contribution in [0.1, 0.15) is 44.2 Å². The molecule has 0 amide bonds. The number of aromatic nitrogens is 1. The predicted octanol–water partition coefficient (Wildman–Crippen LogP) is 3.19. The number of methoxy groups -OCH3 is 2. The van der Waals surface area contributed by atoms with Crippen LogP contribution in [-0.4, -0.2) is 37.6 Å². The summed E-state index contributed by atoms with van der Waals surface area (Å²) >= 11 is 0. The van der Waals surface area contributed by atoms with Gasteiger partial charge in [0.25, 0.3) is 0 Å². The average Bonchev–Trinajstić information content (AvgIpc) is 3.18. The van der Waals surface area contributed by atoms with Crippen LogP contribution in [0.15, 0.2) is 18.3 Å². The van der Waals surface area contributed by atoms with Crippen molar-refractivity contribution in [1.82, 2.24) is 4.98 Å². The molecule has 0 unspecified atom stereocenters. The van der Waals surface area contributed by atoms with Gasteiger partial charge in [0.1, 0.15) is 0 Å². The molecule has 0 radical (unpaired) electrons. The number of rotatable bonds is 9. The van der Waals surface area contributed by atoms with Crippen molar-refractivity contribution >= 4 is 17.8 Å². The van der Waals surface area contributed by atoms with Crippen molar-refractivity contribution in [2.75, 3.05) is 20.8 Å². The van der Waals surface area contributed by atoms with Gasteiger partial charge in [-0.2, -0.15) is 0 Å². The zero-order valence-corrected chi connectivity index (χ0v) is 14.8. The van der Waals surface area contributed by atoms with Crippen molar-refractivity contribution in [3.05, 3.63) is 24.0 Å². The van der Waals surface area contributed by atoms with E-state index in [0.717, 1.165) is 25.7 Å². The first kappa shape index (κ1) is 19.0. The molecule has 2 rings (SSSR count). The van der Waals surface area contributed by atoms with Crippen LogP contribution >= 0.6 is 0 Å². The molecule has 0 saturated heterocycles. The minimum absolute atomic E-state index is 0.163. The second-order valence-electron chi connectivity index (χ2n) is 6.01. The Morgan fingerprint density at radius 1 is 1.24 bits per heavy atom. The average molecular weight is 347 g/mol. The van der Waals surface area contributed by atoms with Crippen LogP contribution in [0.3, 0.4) is 0 Å². The molecule has 136 valence electrons. The summed E-state index contributed by atoms with van der Waals surface area (Å²) in [6.45, 7) is 0.364. The molecule has 1 aliphatic carbocycles. The largest absolute Gasteiger partial charge is 0.493 e. The lowest BCUT2D eigenvalue weighted by Gasteiger charge is -2.10. The summed E-state index contributed by atoms with van der Waals surface area (Å²) in [7, 11) is 2.91. The van der Waals surface area contributed by atoms with Gasteiger partial charge in [-0.15, -0.1) is 0 Å². The molecule has 1 aromatic rings. The molecule has 1 fully saturated rings. The number of carbonyl (C=O) groups excluding carboxylic acids is 2. The fraction of sp³-hybridized carbons (Fsp3) is 0.526. The number of ketones is 1. The summed E-state index contributed by atoms with van der Waals surface area (Å²) in [6, 6.07) is 1.73. The molecule has 0 aromatic carbocycles. The summed E-state index contributed by atoms with van der Waals surface area (Å²) in [4.78, 5) is 27.4. The molecule has 6 heteroatoms. The maximum atomic E-state index is 12.1. The van der Waals surface area contributed by atoms with E-state index in [1.807, 2.05) is 0 Å². The van der Waals surface area contributed by atoms with Crippen molar-refractivity contribution in [3.8, 4) is 11.5 Å². The highest BCUT2D eigenvalue weighted by Crippen LogP contribution is 2.28. The summed E-state index contributed by atoms with van der Waals surface area (Å²) < 4.78 is 15.5. The topological polar surface area (TPSA) is 74.7 Å². The summed E-state index contributed by atoms with van der Waals surface area (Å²) in [5, 5.41) is 0. The predicted molar refractivity (Wildman–Crippen MR) is 93.5 cm³/mol. The third kappa shape index (κ3) is 5.89. The van der Waals surface area contributed by atoms with E-state index in [-0.39, 0.29) is 17.7 Å². The van der Waals surface area contributed by atoms with E-state index in [4.69, 9.17) is 9.47 Å². The number of nitrogens with zero attached hydrogens (tertiary/aromatic N) is 1. The Morgan fingerprint density at radius 3 is 2.68 bits per heavy atom. The van der Waals surface area contributed by atoms with Crippen LogP contribution < -0.4 is 9.47 Å². The van der Waals surface area contributed by atoms with E-state index in [0.29, 0.717) is 36.6 Å². The molecule has 25 heavy (non-hydrogen) atoms. The third-order valence-electron chi connectivity index (χ3n) is 4.26. The Hall–Kier alpha value is -2.37. The van der Waals surface area contributed by atoms with Crippen molar-refractivity contribution in [1.29, 1.82) is 0 Å². The number of hydrogen-bond donors (Lipinski definition) is 0. The lowest BCUT2D eigenvalue weighted by atomic mass is 10.0. The number of pyridine rings is 1. The van der Waals surface area contributed by atoms with Gasteiger partial charge in [-0.1, -0.05) is 12.8 Å². The quantitative estimate of drug-likeness (QED) is 0.388. The molecule has 1 saturated carbocycles. The first-order valence-corrected chi connectivity index (χ1v) is 8.59. The lowest BCUT2D eigenvalue weighted by Crippen LogP contribution is -2.07. The molecule has 1 aliphatic rings. The molecular formula is C19H25NO5. The van der Waals surface area contributed by atoms with Gasteiger partial charge in [0.2, 0.25) is 0 Å². The SMILES string of the molecule is COC(=O)CCCOc1cnc(/C=C/C(=O)C2CCCC2)cc1OC. The van der Waals surface area contributed by atoms with Crippen LogP contribution in [-0.2, 0) is 14.3 Å². The molecule has 0 aliphatic heterocycles. The molecule has 0 spiro atoms. The fourth-order valence-corrected chi connectivity index (χ4v) is 2.81. The van der Waals surface area contributed by atoms with Crippen molar-refractivity contribution in [2.24, 2.45) is 5.92 Å². The van der Waals surface area contributed by atoms with Gasteiger partial charge < -0.3 is 14.2 Å². The zero-order valence-electron chi connectivity index (χ0n) is 14.8. The minimum atomic E-state index is -0.263. The highest BCUT2D eigenvalue weighted by Gasteiger charge is 2.20. The van der Waals surface area contributed by atoms with Gasteiger partial charge in [-0.05, 0) is 31.4 Å². The van der Waals surface area contributed by atoms with E-state index in [1.54, 1.807) is 31.5 Å². The third-order valence-corrected chi connectivity index (χ3v) is 4.26. The van der Waals surface area contributed by atoms with Gasteiger partial charge in [-0.3, -0.25) is 14.6 Å². The number of ether oxygens (including phenoxy) is 3. The molecule has 6 nitrogen and oxygen atoms in total. The van der Waals surface area contributed by atoms with Gasteiger partial charge in [-0.25, -0.2) is 0 Å². The maximum Gasteiger partial charge on any atom is 0.305 e. The second kappa shape index (κ2) is 9.81. The van der Waals surface area contributed by atoms with Crippen LogP contribution in [0.4, 0.5) is 0 Å². The summed E-state index contributed by atoms with van der Waals surface area (Å²) in [5.74, 6) is 1.12. The zero-order chi connectivity index (χ0) is 18.1. The Balaban J connectivity index is 1.91. The van der Waals surface area contributed by atoms with Crippen LogP contribution in [0.5, 0.6) is 11.5 Å². The second-order valence-corrected chi connectivity index (χ2v) is 6.01. The first-order valence-electron chi connectivity index (χ1n) is 8.59. The van der Waals surface area contributed by atoms with E-state index >= 15 is 0 Å². The van der Waals surface area contributed by atoms with Gasteiger partial charge >= 0.3 is 5.97 Å². The first-order chi connectivity index (χ1) is 12.1. The smallest absolute Gasteiger partial charge is 0.305 e. The van der Waals surface area contributed by atoms with Crippen molar-refractivity contribution < 1.29 is 23.8 Å². The maximum absolute atomic E-state index is 12.1. The lowest BCUT2D eigenvalue weighted by molar-refractivity contribution is -0.140. The van der Waals surface area contributed by atoms with E-state index < -0.39 is 0 Å². The van der Waals surface area contributed by atoms with Crippen molar-refractivity contribution in [3.63, 3.8) is 0 Å². The van der Waals surface area contributed by atoms with Gasteiger partial charge in [0.15, 0.2) is 17.3 Å². The number of hydrogen-bond acceptors (Lipinski definition) is 6. The standard InChI is InChI=1S/C19H25NO5/c1-23-17-12-15(9-10-16(21)14-6-3-4-7-14)20-13-18(17)25-11-5-8-19(22)24-2/h9-10,12-14H,3-8,11H2,1-2H3/b10-9+. The molecule has 1 aromatic heterocycles. The monoisotopic (exact) mass is 347 g/mol. The highest BCUT2D eigenvalue weighted by molar-refractivity contribution is 5.95. The normalized spacial score (nSPS) is 14.6. The van der Waals surface area contributed by atoms with E-state index in [9.17, 15) is 9.59 Å². The fourth-order valence-electron chi connectivity index (χ4n) is 2.81. The highest BCUT2D eigenvalue weighted by atomic mass is 16.5. The van der Waals surface area contributed by atoms with Gasteiger partial charge in [0, 0.05) is 18.4 Å². The van der Waals surface area contributed by atoms with Crippen molar-refractivity contribution in [2.45, 2.75) is 38.5 Å². The summed E-state index contributed by atoms with van der Waals surface area (Å²) in [6.07, 6.45) is 9.98.